The number of methoxy groups -OCH3 is 1. The highest BCUT2D eigenvalue weighted by molar-refractivity contribution is 7.89. The molecule has 1 aromatic carbocycles. The molecule has 0 aliphatic carbocycles. The van der Waals surface area contributed by atoms with Crippen LogP contribution in [0.15, 0.2) is 18.2 Å². The zero-order valence-electron chi connectivity index (χ0n) is 11.7. The van der Waals surface area contributed by atoms with Crippen molar-refractivity contribution < 1.29 is 17.9 Å². The second-order valence-corrected chi connectivity index (χ2v) is 6.53. The normalized spacial score (nSPS) is 11.4. The highest BCUT2D eigenvalue weighted by Crippen LogP contribution is 2.24. The standard InChI is InChI=1S/C12H19N3O4S/c1-4-20(17,18)15(2)8-12(16)14-9-5-6-11(19-3)10(13)7-9/h5-7H,4,8,13H2,1-3H3,(H,14,16). The molecule has 1 amide bonds. The summed E-state index contributed by atoms with van der Waals surface area (Å²) in [6.45, 7) is 1.27. The largest absolute Gasteiger partial charge is 0.495 e. The minimum absolute atomic E-state index is 0.0493. The number of sulfonamides is 1. The van der Waals surface area contributed by atoms with Gasteiger partial charge in [-0.1, -0.05) is 0 Å². The topological polar surface area (TPSA) is 102 Å². The Hall–Kier alpha value is -1.80. The molecule has 0 spiro atoms. The van der Waals surface area contributed by atoms with Gasteiger partial charge in [0, 0.05) is 12.7 Å². The lowest BCUT2D eigenvalue weighted by atomic mass is 10.2. The zero-order valence-corrected chi connectivity index (χ0v) is 12.5. The number of carbonyl (C=O) groups excluding carboxylic acids is 1. The summed E-state index contributed by atoms with van der Waals surface area (Å²) in [6.07, 6.45) is 0. The summed E-state index contributed by atoms with van der Waals surface area (Å²) in [4.78, 5) is 11.8. The molecule has 0 aliphatic heterocycles. The van der Waals surface area contributed by atoms with E-state index in [4.69, 9.17) is 10.5 Å². The van der Waals surface area contributed by atoms with Gasteiger partial charge in [-0.15, -0.1) is 0 Å². The Labute approximate surface area is 118 Å². The van der Waals surface area contributed by atoms with Gasteiger partial charge < -0.3 is 15.8 Å². The molecule has 0 saturated heterocycles. The van der Waals surface area contributed by atoms with Crippen molar-refractivity contribution in [1.82, 2.24) is 4.31 Å². The van der Waals surface area contributed by atoms with E-state index >= 15 is 0 Å². The van der Waals surface area contributed by atoms with Crippen molar-refractivity contribution in [2.45, 2.75) is 6.92 Å². The number of amides is 1. The van der Waals surface area contributed by atoms with Crippen molar-refractivity contribution in [3.05, 3.63) is 18.2 Å². The number of hydrogen-bond acceptors (Lipinski definition) is 5. The molecule has 0 heterocycles. The average Bonchev–Trinajstić information content (AvgIpc) is 2.38. The molecule has 1 aromatic rings. The molecule has 112 valence electrons. The number of ether oxygens (including phenoxy) is 1. The molecule has 20 heavy (non-hydrogen) atoms. The van der Waals surface area contributed by atoms with Gasteiger partial charge in [-0.3, -0.25) is 4.79 Å². The lowest BCUT2D eigenvalue weighted by Crippen LogP contribution is -2.35. The lowest BCUT2D eigenvalue weighted by Gasteiger charge is -2.15. The van der Waals surface area contributed by atoms with E-state index in [1.54, 1.807) is 18.2 Å². The molecule has 3 N–H and O–H groups in total. The van der Waals surface area contributed by atoms with Gasteiger partial charge in [0.1, 0.15) is 5.75 Å². The molecule has 0 saturated carbocycles. The van der Waals surface area contributed by atoms with Gasteiger partial charge in [-0.05, 0) is 25.1 Å². The number of nitrogen functional groups attached to an aromatic ring is 1. The average molecular weight is 301 g/mol. The van der Waals surface area contributed by atoms with E-state index in [-0.39, 0.29) is 12.3 Å². The molecule has 7 nitrogen and oxygen atoms in total. The van der Waals surface area contributed by atoms with Crippen LogP contribution in [-0.4, -0.2) is 45.1 Å². The van der Waals surface area contributed by atoms with Crippen LogP contribution in [0.4, 0.5) is 11.4 Å². The maximum absolute atomic E-state index is 11.8. The Kier molecular flexibility index (Phi) is 5.34. The third-order valence-corrected chi connectivity index (χ3v) is 4.53. The second kappa shape index (κ2) is 6.58. The van der Waals surface area contributed by atoms with Crippen LogP contribution in [0.3, 0.4) is 0 Å². The monoisotopic (exact) mass is 301 g/mol. The van der Waals surface area contributed by atoms with Crippen LogP contribution in [0.1, 0.15) is 6.92 Å². The number of nitrogens with zero attached hydrogens (tertiary/aromatic N) is 1. The molecule has 0 aliphatic rings. The number of benzene rings is 1. The van der Waals surface area contributed by atoms with Crippen LogP contribution in [-0.2, 0) is 14.8 Å². The first kappa shape index (κ1) is 16.3. The Bertz CT molecular complexity index is 586. The van der Waals surface area contributed by atoms with Gasteiger partial charge in [-0.25, -0.2) is 8.42 Å². The van der Waals surface area contributed by atoms with Crippen molar-refractivity contribution in [1.29, 1.82) is 0 Å². The predicted molar refractivity (Wildman–Crippen MR) is 78.1 cm³/mol. The van der Waals surface area contributed by atoms with Gasteiger partial charge in [0.15, 0.2) is 0 Å². The number of carbonyl (C=O) groups is 1. The SMILES string of the molecule is CCS(=O)(=O)N(C)CC(=O)Nc1ccc(OC)c(N)c1. The predicted octanol–water partition coefficient (Wildman–Crippen LogP) is 0.497. The van der Waals surface area contributed by atoms with E-state index in [0.717, 1.165) is 4.31 Å². The van der Waals surface area contributed by atoms with Crippen molar-refractivity contribution >= 4 is 27.3 Å². The molecular weight excluding hydrogens is 282 g/mol. The second-order valence-electron chi connectivity index (χ2n) is 4.16. The zero-order chi connectivity index (χ0) is 15.3. The van der Waals surface area contributed by atoms with E-state index in [2.05, 4.69) is 5.32 Å². The third kappa shape index (κ3) is 4.10. The minimum Gasteiger partial charge on any atom is -0.495 e. The Morgan fingerprint density at radius 2 is 2.10 bits per heavy atom. The summed E-state index contributed by atoms with van der Waals surface area (Å²) in [5.74, 6) is 0.0227. The van der Waals surface area contributed by atoms with E-state index in [9.17, 15) is 13.2 Å². The first-order valence-electron chi connectivity index (χ1n) is 5.97. The molecular formula is C12H19N3O4S. The fourth-order valence-electron chi connectivity index (χ4n) is 1.53. The Balaban J connectivity index is 2.70. The molecule has 0 atom stereocenters. The van der Waals surface area contributed by atoms with Gasteiger partial charge in [0.05, 0.1) is 25.1 Å². The molecule has 0 fully saturated rings. The van der Waals surface area contributed by atoms with E-state index < -0.39 is 15.9 Å². The van der Waals surface area contributed by atoms with Gasteiger partial charge >= 0.3 is 0 Å². The summed E-state index contributed by atoms with van der Waals surface area (Å²) in [5.41, 5.74) is 6.59. The molecule has 1 rings (SSSR count). The maximum atomic E-state index is 11.8. The van der Waals surface area contributed by atoms with Crippen LogP contribution >= 0.6 is 0 Å². The van der Waals surface area contributed by atoms with E-state index in [1.165, 1.54) is 21.1 Å². The number of rotatable bonds is 6. The number of likely N-dealkylation sites (N-methyl/N-ethyl adjacent to an activating group) is 1. The van der Waals surface area contributed by atoms with Crippen LogP contribution in [0.25, 0.3) is 0 Å². The first-order valence-corrected chi connectivity index (χ1v) is 7.58. The smallest absolute Gasteiger partial charge is 0.239 e. The summed E-state index contributed by atoms with van der Waals surface area (Å²) in [6, 6.07) is 4.80. The fraction of sp³-hybridized carbons (Fsp3) is 0.417. The van der Waals surface area contributed by atoms with Crippen LogP contribution in [0, 0.1) is 0 Å². The third-order valence-electron chi connectivity index (χ3n) is 2.72. The van der Waals surface area contributed by atoms with Gasteiger partial charge in [-0.2, -0.15) is 4.31 Å². The van der Waals surface area contributed by atoms with E-state index in [1.807, 2.05) is 0 Å². The fourth-order valence-corrected chi connectivity index (χ4v) is 2.29. The van der Waals surface area contributed by atoms with Gasteiger partial charge in [0.2, 0.25) is 15.9 Å². The summed E-state index contributed by atoms with van der Waals surface area (Å²) >= 11 is 0. The van der Waals surface area contributed by atoms with Crippen molar-refractivity contribution in [2.24, 2.45) is 0 Å². The summed E-state index contributed by atoms with van der Waals surface area (Å²) < 4.78 is 29.1. The highest BCUT2D eigenvalue weighted by Gasteiger charge is 2.18. The van der Waals surface area contributed by atoms with Crippen molar-refractivity contribution in [3.63, 3.8) is 0 Å². The Morgan fingerprint density at radius 3 is 2.60 bits per heavy atom. The van der Waals surface area contributed by atoms with Crippen LogP contribution in [0.2, 0.25) is 0 Å². The quantitative estimate of drug-likeness (QED) is 0.745. The summed E-state index contributed by atoms with van der Waals surface area (Å²) in [5, 5.41) is 2.58. The number of nitrogens with two attached hydrogens (primary N) is 1. The molecule has 0 radical (unpaired) electrons. The molecule has 0 unspecified atom stereocenters. The van der Waals surface area contributed by atoms with Crippen LogP contribution in [0.5, 0.6) is 5.75 Å². The maximum Gasteiger partial charge on any atom is 0.239 e. The van der Waals surface area contributed by atoms with E-state index in [0.29, 0.717) is 17.1 Å². The van der Waals surface area contributed by atoms with Gasteiger partial charge in [0.25, 0.3) is 0 Å². The Morgan fingerprint density at radius 1 is 1.45 bits per heavy atom. The van der Waals surface area contributed by atoms with Crippen LogP contribution < -0.4 is 15.8 Å². The number of anilines is 2. The lowest BCUT2D eigenvalue weighted by molar-refractivity contribution is -0.116. The molecule has 8 heteroatoms. The highest BCUT2D eigenvalue weighted by atomic mass is 32.2. The first-order chi connectivity index (χ1) is 9.30. The number of nitrogens with one attached hydrogen (secondary N) is 1. The minimum atomic E-state index is -3.38. The van der Waals surface area contributed by atoms with Crippen molar-refractivity contribution in [2.75, 3.05) is 37.5 Å². The molecule has 0 aromatic heterocycles. The van der Waals surface area contributed by atoms with Crippen molar-refractivity contribution in [3.8, 4) is 5.75 Å². The molecule has 0 bridgehead atoms. The summed E-state index contributed by atoms with van der Waals surface area (Å²) in [7, 11) is -0.520. The number of hydrogen-bond donors (Lipinski definition) is 2.